The van der Waals surface area contributed by atoms with E-state index in [-0.39, 0.29) is 13.2 Å². The Kier molecular flexibility index (Phi) is 8.68. The van der Waals surface area contributed by atoms with Crippen LogP contribution in [0.1, 0.15) is 0 Å². The molecule has 0 aromatic carbocycles. The van der Waals surface area contributed by atoms with Crippen molar-refractivity contribution in [2.24, 2.45) is 0 Å². The molecule has 0 N–H and O–H groups in total. The molecule has 8 heteroatoms. The second-order valence-corrected chi connectivity index (χ2v) is 5.62. The third kappa shape index (κ3) is 5.95. The predicted octanol–water partition coefficient (Wildman–Crippen LogP) is 2.89. The summed E-state index contributed by atoms with van der Waals surface area (Å²) in [5.41, 5.74) is 0. The fourth-order valence-corrected chi connectivity index (χ4v) is 2.21. The standard InChI is InChI=1S/C4H8Cl3O3PS/c5-1-3-8-11(12,10-7)9-4-2-6/h1-4H2. The van der Waals surface area contributed by atoms with Crippen molar-refractivity contribution < 1.29 is 13.1 Å². The van der Waals surface area contributed by atoms with Crippen LogP contribution in [0.3, 0.4) is 0 Å². The van der Waals surface area contributed by atoms with E-state index < -0.39 is 6.72 Å². The molecule has 0 aliphatic rings. The summed E-state index contributed by atoms with van der Waals surface area (Å²) < 4.78 is 14.4. The molecule has 0 aliphatic heterocycles. The number of hydrogen-bond donors (Lipinski definition) is 0. The zero-order chi connectivity index (χ0) is 9.45. The first-order valence-electron chi connectivity index (χ1n) is 3.00. The van der Waals surface area contributed by atoms with E-state index in [2.05, 4.69) is 4.08 Å². The zero-order valence-corrected chi connectivity index (χ0v) is 10.0. The molecule has 3 nitrogen and oxygen atoms in total. The Morgan fingerprint density at radius 3 is 1.75 bits per heavy atom. The van der Waals surface area contributed by atoms with Crippen molar-refractivity contribution in [2.75, 3.05) is 25.0 Å². The molecule has 0 aromatic rings. The second-order valence-electron chi connectivity index (χ2n) is 1.56. The van der Waals surface area contributed by atoms with E-state index >= 15 is 0 Å². The maximum atomic E-state index is 5.36. The molecule has 0 saturated heterocycles. The van der Waals surface area contributed by atoms with Crippen LogP contribution in [0, 0.1) is 0 Å². The van der Waals surface area contributed by atoms with Gasteiger partial charge in [0.1, 0.15) is 0 Å². The molecule has 0 bridgehead atoms. The summed E-state index contributed by atoms with van der Waals surface area (Å²) in [4.78, 5) is 0. The van der Waals surface area contributed by atoms with Gasteiger partial charge in [-0.05, 0) is 11.8 Å². The SMILES string of the molecule is S=P(OCl)(OCCCl)OCCCl. The van der Waals surface area contributed by atoms with E-state index in [1.54, 1.807) is 0 Å². The Bertz CT molecular complexity index is 146. The van der Waals surface area contributed by atoms with Gasteiger partial charge in [0.15, 0.2) is 0 Å². The fraction of sp³-hybridized carbons (Fsp3) is 1.00. The molecule has 0 fully saturated rings. The van der Waals surface area contributed by atoms with Crippen LogP contribution < -0.4 is 0 Å². The second kappa shape index (κ2) is 7.77. The Hall–Kier alpha value is 1.40. The lowest BCUT2D eigenvalue weighted by atomic mass is 10.9. The monoisotopic (exact) mass is 272 g/mol. The third-order valence-electron chi connectivity index (χ3n) is 0.738. The number of alkyl halides is 2. The van der Waals surface area contributed by atoms with Gasteiger partial charge in [-0.3, -0.25) is 0 Å². The highest BCUT2D eigenvalue weighted by molar-refractivity contribution is 8.07. The van der Waals surface area contributed by atoms with E-state index in [9.17, 15) is 0 Å². The first kappa shape index (κ1) is 13.4. The highest BCUT2D eigenvalue weighted by atomic mass is 35.5. The van der Waals surface area contributed by atoms with Gasteiger partial charge in [-0.2, -0.15) is 4.08 Å². The van der Waals surface area contributed by atoms with Crippen LogP contribution in [0.2, 0.25) is 0 Å². The highest BCUT2D eigenvalue weighted by Crippen LogP contribution is 2.50. The molecule has 0 heterocycles. The van der Waals surface area contributed by atoms with Crippen LogP contribution in [-0.4, -0.2) is 25.0 Å². The third-order valence-corrected chi connectivity index (χ3v) is 3.86. The predicted molar refractivity (Wildman–Crippen MR) is 54.6 cm³/mol. The van der Waals surface area contributed by atoms with Crippen molar-refractivity contribution in [3.8, 4) is 0 Å². The Labute approximate surface area is 91.6 Å². The number of rotatable bonds is 7. The van der Waals surface area contributed by atoms with Gasteiger partial charge in [-0.15, -0.1) is 23.2 Å². The Morgan fingerprint density at radius 2 is 1.50 bits per heavy atom. The van der Waals surface area contributed by atoms with Crippen LogP contribution in [0.15, 0.2) is 0 Å². The molecule has 0 unspecified atom stereocenters. The van der Waals surface area contributed by atoms with E-state index in [0.29, 0.717) is 11.8 Å². The van der Waals surface area contributed by atoms with Crippen LogP contribution in [0.25, 0.3) is 0 Å². The van der Waals surface area contributed by atoms with Crippen LogP contribution in [0.4, 0.5) is 0 Å². The van der Waals surface area contributed by atoms with Crippen molar-refractivity contribution in [3.63, 3.8) is 0 Å². The lowest BCUT2D eigenvalue weighted by molar-refractivity contribution is 0.224. The van der Waals surface area contributed by atoms with E-state index in [1.165, 1.54) is 0 Å². The van der Waals surface area contributed by atoms with Gasteiger partial charge in [0.05, 0.1) is 25.1 Å². The lowest BCUT2D eigenvalue weighted by Gasteiger charge is -2.16. The van der Waals surface area contributed by atoms with Gasteiger partial charge in [-0.25, -0.2) is 0 Å². The van der Waals surface area contributed by atoms with Gasteiger partial charge in [0.2, 0.25) is 0 Å². The number of hydrogen-bond acceptors (Lipinski definition) is 4. The normalized spacial score (nSPS) is 11.9. The summed E-state index contributed by atoms with van der Waals surface area (Å²) in [5, 5.41) is 0. The van der Waals surface area contributed by atoms with Crippen molar-refractivity contribution in [3.05, 3.63) is 0 Å². The van der Waals surface area contributed by atoms with Crippen molar-refractivity contribution in [1.29, 1.82) is 0 Å². The zero-order valence-electron chi connectivity index (χ0n) is 6.04. The molecule has 0 rings (SSSR count). The molecule has 0 aromatic heterocycles. The van der Waals surface area contributed by atoms with Crippen molar-refractivity contribution in [2.45, 2.75) is 0 Å². The average Bonchev–Trinajstić information content (AvgIpc) is 2.11. The van der Waals surface area contributed by atoms with Gasteiger partial charge < -0.3 is 9.05 Å². The largest absolute Gasteiger partial charge is 0.344 e. The van der Waals surface area contributed by atoms with Crippen molar-refractivity contribution in [1.82, 2.24) is 0 Å². The summed E-state index contributed by atoms with van der Waals surface area (Å²) in [6, 6.07) is 0. The molecule has 0 atom stereocenters. The summed E-state index contributed by atoms with van der Waals surface area (Å²) in [6.45, 7) is -2.32. The van der Waals surface area contributed by atoms with Crippen LogP contribution >= 0.6 is 41.8 Å². The van der Waals surface area contributed by atoms with E-state index in [4.69, 9.17) is 55.9 Å². The Morgan fingerprint density at radius 1 is 1.08 bits per heavy atom. The molecule has 0 aliphatic carbocycles. The summed E-state index contributed by atoms with van der Waals surface area (Å²) in [7, 11) is 0. The quantitative estimate of drug-likeness (QED) is 0.526. The van der Waals surface area contributed by atoms with E-state index in [1.807, 2.05) is 0 Å². The fourth-order valence-electron chi connectivity index (χ4n) is 0.370. The average molecular weight is 274 g/mol. The highest BCUT2D eigenvalue weighted by Gasteiger charge is 2.19. The molecule has 0 spiro atoms. The van der Waals surface area contributed by atoms with Gasteiger partial charge >= 0.3 is 6.72 Å². The Balaban J connectivity index is 3.79. The smallest absolute Gasteiger partial charge is 0.307 e. The summed E-state index contributed by atoms with van der Waals surface area (Å²) in [5.74, 6) is 0.617. The molecule has 0 amide bonds. The minimum atomic E-state index is -2.80. The molecular formula is C4H8Cl3O3PS. The first-order chi connectivity index (χ1) is 5.68. The van der Waals surface area contributed by atoms with E-state index in [0.717, 1.165) is 0 Å². The number of halogens is 3. The molecule has 12 heavy (non-hydrogen) atoms. The molecular weight excluding hydrogens is 265 g/mol. The molecule has 0 saturated carbocycles. The van der Waals surface area contributed by atoms with Gasteiger partial charge in [0.25, 0.3) is 0 Å². The first-order valence-corrected chi connectivity index (χ1v) is 6.93. The van der Waals surface area contributed by atoms with Gasteiger partial charge in [0, 0.05) is 11.8 Å². The molecule has 0 radical (unpaired) electrons. The maximum Gasteiger partial charge on any atom is 0.344 e. The minimum absolute atomic E-state index is 0.244. The van der Waals surface area contributed by atoms with Crippen LogP contribution in [-0.2, 0) is 24.9 Å². The topological polar surface area (TPSA) is 27.7 Å². The lowest BCUT2D eigenvalue weighted by Crippen LogP contribution is -2.00. The van der Waals surface area contributed by atoms with Crippen LogP contribution in [0.5, 0.6) is 0 Å². The minimum Gasteiger partial charge on any atom is -0.307 e. The van der Waals surface area contributed by atoms with Gasteiger partial charge in [-0.1, -0.05) is 0 Å². The molecule has 74 valence electrons. The summed E-state index contributed by atoms with van der Waals surface area (Å²) in [6.07, 6.45) is 0. The maximum absolute atomic E-state index is 5.36. The van der Waals surface area contributed by atoms with Crippen molar-refractivity contribution >= 4 is 53.6 Å². The summed E-state index contributed by atoms with van der Waals surface area (Å²) >= 11 is 20.6.